The van der Waals surface area contributed by atoms with Gasteiger partial charge in [0.25, 0.3) is 0 Å². The van der Waals surface area contributed by atoms with Gasteiger partial charge in [-0.2, -0.15) is 0 Å². The number of hydrogen-bond donors (Lipinski definition) is 2. The summed E-state index contributed by atoms with van der Waals surface area (Å²) in [4.78, 5) is 23.4. The number of benzene rings is 1. The number of aliphatic carboxylic acids is 1. The van der Waals surface area contributed by atoms with Crippen LogP contribution in [-0.4, -0.2) is 28.8 Å². The molecule has 1 aliphatic rings. The molecule has 19 heavy (non-hydrogen) atoms. The lowest BCUT2D eigenvalue weighted by Crippen LogP contribution is -2.30. The number of rotatable bonds is 4. The Hall–Kier alpha value is -1.49. The molecular formula is C14H17NO3S. The topological polar surface area (TPSA) is 66.4 Å². The van der Waals surface area contributed by atoms with Crippen molar-refractivity contribution in [2.45, 2.75) is 35.8 Å². The molecule has 0 spiro atoms. The monoisotopic (exact) mass is 279 g/mol. The minimum atomic E-state index is -0.830. The summed E-state index contributed by atoms with van der Waals surface area (Å²) in [5.74, 6) is -0.722. The van der Waals surface area contributed by atoms with Crippen molar-refractivity contribution >= 4 is 23.6 Å². The summed E-state index contributed by atoms with van der Waals surface area (Å²) in [7, 11) is 0. The first-order chi connectivity index (χ1) is 9.15. The van der Waals surface area contributed by atoms with Gasteiger partial charge in [0.2, 0.25) is 5.91 Å². The third kappa shape index (κ3) is 4.28. The smallest absolute Gasteiger partial charge is 0.307 e. The first-order valence-electron chi connectivity index (χ1n) is 6.40. The number of carbonyl (C=O) groups excluding carboxylic acids is 1. The van der Waals surface area contributed by atoms with Gasteiger partial charge in [0, 0.05) is 11.4 Å². The van der Waals surface area contributed by atoms with Crippen LogP contribution in [0.1, 0.15) is 24.8 Å². The van der Waals surface area contributed by atoms with E-state index in [9.17, 15) is 9.59 Å². The Morgan fingerprint density at radius 2 is 2.05 bits per heavy atom. The fraction of sp³-hybridized carbons (Fsp3) is 0.429. The van der Waals surface area contributed by atoms with Crippen LogP contribution in [0.4, 0.5) is 0 Å². The Morgan fingerprint density at radius 1 is 1.32 bits per heavy atom. The highest BCUT2D eigenvalue weighted by molar-refractivity contribution is 8.00. The molecule has 0 saturated carbocycles. The fourth-order valence-corrected chi connectivity index (χ4v) is 3.15. The second-order valence-electron chi connectivity index (χ2n) is 4.61. The van der Waals surface area contributed by atoms with Crippen molar-refractivity contribution in [1.29, 1.82) is 0 Å². The molecule has 102 valence electrons. The molecule has 2 rings (SSSR count). The Morgan fingerprint density at radius 3 is 2.74 bits per heavy atom. The van der Waals surface area contributed by atoms with E-state index in [1.165, 1.54) is 0 Å². The van der Waals surface area contributed by atoms with E-state index in [-0.39, 0.29) is 17.6 Å². The van der Waals surface area contributed by atoms with E-state index < -0.39 is 5.97 Å². The zero-order valence-electron chi connectivity index (χ0n) is 10.6. The van der Waals surface area contributed by atoms with Crippen LogP contribution in [0.5, 0.6) is 0 Å². The van der Waals surface area contributed by atoms with Crippen molar-refractivity contribution in [2.24, 2.45) is 0 Å². The van der Waals surface area contributed by atoms with Crippen LogP contribution in [0.3, 0.4) is 0 Å². The molecule has 1 saturated heterocycles. The quantitative estimate of drug-likeness (QED) is 0.885. The maximum absolute atomic E-state index is 11.8. The average Bonchev–Trinajstić information content (AvgIpc) is 2.57. The van der Waals surface area contributed by atoms with E-state index in [4.69, 9.17) is 5.11 Å². The van der Waals surface area contributed by atoms with E-state index in [0.717, 1.165) is 36.3 Å². The van der Waals surface area contributed by atoms with Crippen LogP contribution >= 0.6 is 11.8 Å². The van der Waals surface area contributed by atoms with Gasteiger partial charge in [0.05, 0.1) is 11.7 Å². The number of nitrogens with one attached hydrogen (secondary N) is 1. The standard InChI is InChI=1S/C14H17NO3S/c16-13(17)9-10-4-6-11(7-5-10)19-12-3-1-2-8-15-14(12)18/h4-7,12H,1-3,8-9H2,(H,15,18)(H,16,17). The van der Waals surface area contributed by atoms with E-state index >= 15 is 0 Å². The van der Waals surface area contributed by atoms with Gasteiger partial charge in [0.1, 0.15) is 0 Å². The second kappa shape index (κ2) is 6.61. The van der Waals surface area contributed by atoms with Gasteiger partial charge < -0.3 is 10.4 Å². The van der Waals surface area contributed by atoms with Crippen LogP contribution < -0.4 is 5.32 Å². The molecule has 4 nitrogen and oxygen atoms in total. The molecule has 1 aliphatic heterocycles. The van der Waals surface area contributed by atoms with Crippen LogP contribution in [0, 0.1) is 0 Å². The van der Waals surface area contributed by atoms with Gasteiger partial charge in [-0.05, 0) is 30.5 Å². The lowest BCUT2D eigenvalue weighted by molar-refractivity contribution is -0.136. The second-order valence-corrected chi connectivity index (χ2v) is 5.88. The molecule has 1 heterocycles. The van der Waals surface area contributed by atoms with Crippen molar-refractivity contribution in [1.82, 2.24) is 5.32 Å². The fourth-order valence-electron chi connectivity index (χ4n) is 2.05. The molecule has 1 aromatic carbocycles. The lowest BCUT2D eigenvalue weighted by Gasteiger charge is -2.12. The summed E-state index contributed by atoms with van der Waals surface area (Å²) in [6, 6.07) is 7.40. The summed E-state index contributed by atoms with van der Waals surface area (Å²) < 4.78 is 0. The molecule has 5 heteroatoms. The molecule has 0 aliphatic carbocycles. The van der Waals surface area contributed by atoms with Gasteiger partial charge >= 0.3 is 5.97 Å². The Balaban J connectivity index is 1.98. The summed E-state index contributed by atoms with van der Waals surface area (Å²) in [5, 5.41) is 11.6. The number of hydrogen-bond acceptors (Lipinski definition) is 3. The number of carboxylic acids is 1. The highest BCUT2D eigenvalue weighted by Crippen LogP contribution is 2.28. The molecule has 1 aromatic rings. The summed E-state index contributed by atoms with van der Waals surface area (Å²) >= 11 is 1.55. The first kappa shape index (κ1) is 13.9. The van der Waals surface area contributed by atoms with Gasteiger partial charge in [-0.25, -0.2) is 0 Å². The summed E-state index contributed by atoms with van der Waals surface area (Å²) in [6.45, 7) is 0.771. The normalized spacial score (nSPS) is 19.6. The molecule has 0 bridgehead atoms. The van der Waals surface area contributed by atoms with Crippen LogP contribution in [0.2, 0.25) is 0 Å². The van der Waals surface area contributed by atoms with E-state index in [1.807, 2.05) is 24.3 Å². The molecular weight excluding hydrogens is 262 g/mol. The maximum atomic E-state index is 11.8. The predicted octanol–water partition coefficient (Wildman–Crippen LogP) is 2.07. The SMILES string of the molecule is O=C(O)Cc1ccc(SC2CCCCNC2=O)cc1. The summed E-state index contributed by atoms with van der Waals surface area (Å²) in [6.07, 6.45) is 3.04. The van der Waals surface area contributed by atoms with Gasteiger partial charge in [-0.3, -0.25) is 9.59 Å². The highest BCUT2D eigenvalue weighted by Gasteiger charge is 2.21. The minimum absolute atomic E-state index is 0.0344. The van der Waals surface area contributed by atoms with Gasteiger partial charge in [-0.15, -0.1) is 11.8 Å². The molecule has 1 fully saturated rings. The molecule has 2 N–H and O–H groups in total. The van der Waals surface area contributed by atoms with Crippen molar-refractivity contribution in [3.8, 4) is 0 Å². The van der Waals surface area contributed by atoms with Gasteiger partial charge in [-0.1, -0.05) is 18.6 Å². The van der Waals surface area contributed by atoms with E-state index in [1.54, 1.807) is 11.8 Å². The van der Waals surface area contributed by atoms with Crippen LogP contribution in [-0.2, 0) is 16.0 Å². The lowest BCUT2D eigenvalue weighted by atomic mass is 10.2. The van der Waals surface area contributed by atoms with E-state index in [2.05, 4.69) is 5.32 Å². The Labute approximate surface area is 116 Å². The highest BCUT2D eigenvalue weighted by atomic mass is 32.2. The molecule has 1 unspecified atom stereocenters. The van der Waals surface area contributed by atoms with E-state index in [0.29, 0.717) is 0 Å². The molecule has 1 atom stereocenters. The number of carboxylic acid groups (broad SMARTS) is 1. The zero-order valence-corrected chi connectivity index (χ0v) is 11.4. The number of amides is 1. The summed E-state index contributed by atoms with van der Waals surface area (Å²) in [5.41, 5.74) is 0.780. The maximum Gasteiger partial charge on any atom is 0.307 e. The Bertz CT molecular complexity index is 458. The first-order valence-corrected chi connectivity index (χ1v) is 7.28. The zero-order chi connectivity index (χ0) is 13.7. The average molecular weight is 279 g/mol. The van der Waals surface area contributed by atoms with Gasteiger partial charge in [0.15, 0.2) is 0 Å². The van der Waals surface area contributed by atoms with Crippen LogP contribution in [0.25, 0.3) is 0 Å². The van der Waals surface area contributed by atoms with Crippen LogP contribution in [0.15, 0.2) is 29.2 Å². The third-order valence-corrected chi connectivity index (χ3v) is 4.32. The number of carbonyl (C=O) groups is 2. The van der Waals surface area contributed by atoms with Crippen molar-refractivity contribution < 1.29 is 14.7 Å². The molecule has 0 aromatic heterocycles. The van der Waals surface area contributed by atoms with Crippen molar-refractivity contribution in [2.75, 3.05) is 6.54 Å². The Kier molecular flexibility index (Phi) is 4.85. The van der Waals surface area contributed by atoms with Crippen molar-refractivity contribution in [3.05, 3.63) is 29.8 Å². The third-order valence-electron chi connectivity index (χ3n) is 3.04. The minimum Gasteiger partial charge on any atom is -0.481 e. The largest absolute Gasteiger partial charge is 0.481 e. The predicted molar refractivity (Wildman–Crippen MR) is 74.3 cm³/mol. The molecule has 1 amide bonds. The number of thioether (sulfide) groups is 1. The molecule has 0 radical (unpaired) electrons. The van der Waals surface area contributed by atoms with Crippen molar-refractivity contribution in [3.63, 3.8) is 0 Å².